The van der Waals surface area contributed by atoms with Crippen molar-refractivity contribution in [1.29, 1.82) is 0 Å². The molecule has 0 aliphatic rings. The van der Waals surface area contributed by atoms with Gasteiger partial charge in [-0.25, -0.2) is 0 Å². The molecule has 0 aromatic heterocycles. The molecule has 1 rings (SSSR count). The molecule has 2 nitrogen and oxygen atoms in total. The number of anilines is 1. The molecular weight excluding hydrogens is 242 g/mol. The van der Waals surface area contributed by atoms with Crippen LogP contribution < -0.4 is 8.66 Å². The van der Waals surface area contributed by atoms with Gasteiger partial charge in [-0.15, -0.1) is 0 Å². The van der Waals surface area contributed by atoms with E-state index in [1.807, 2.05) is 18.2 Å². The topological polar surface area (TPSA) is 12.5 Å². The summed E-state index contributed by atoms with van der Waals surface area (Å²) in [6.07, 6.45) is 0. The lowest BCUT2D eigenvalue weighted by atomic mass is 10.2. The fourth-order valence-corrected chi connectivity index (χ4v) is 1.99. The molecule has 3 heteroatoms. The average molecular weight is 258 g/mol. The highest BCUT2D eigenvalue weighted by Gasteiger charge is 2.05. The number of methoxy groups -OCH3 is 1. The van der Waals surface area contributed by atoms with Gasteiger partial charge in [0.2, 0.25) is 0 Å². The molecule has 0 saturated heterocycles. The van der Waals surface area contributed by atoms with Crippen LogP contribution in [0.1, 0.15) is 13.8 Å². The molecule has 0 spiro atoms. The number of benzene rings is 1. The Morgan fingerprint density at radius 2 is 2.14 bits per heavy atom. The molecule has 1 aromatic carbocycles. The zero-order chi connectivity index (χ0) is 10.6. The van der Waals surface area contributed by atoms with Gasteiger partial charge >= 0.3 is 0 Å². The molecule has 0 aliphatic heterocycles. The zero-order valence-corrected chi connectivity index (χ0v) is 10.4. The number of hydrogen-bond donors (Lipinski definition) is 0. The molecule has 0 amide bonds. The third-order valence-corrected chi connectivity index (χ3v) is 2.56. The van der Waals surface area contributed by atoms with Gasteiger partial charge in [-0.2, -0.15) is 0 Å². The summed E-state index contributed by atoms with van der Waals surface area (Å²) in [7, 11) is 1.68. The molecule has 78 valence electrons. The molecule has 14 heavy (non-hydrogen) atoms. The van der Waals surface area contributed by atoms with Crippen LogP contribution in [0.2, 0.25) is 0 Å². The normalized spacial score (nSPS) is 10.4. The molecule has 0 radical (unpaired) electrons. The first kappa shape index (κ1) is 11.4. The Balaban J connectivity index is 2.73. The van der Waals surface area contributed by atoms with Crippen LogP contribution in [0.4, 0.5) is 5.69 Å². The fraction of sp³-hybridized carbons (Fsp3) is 0.455. The van der Waals surface area contributed by atoms with Crippen LogP contribution in [-0.2, 0) is 0 Å². The van der Waals surface area contributed by atoms with Crippen LogP contribution in [0.15, 0.2) is 24.3 Å². The van der Waals surface area contributed by atoms with Crippen LogP contribution in [0, 0.1) is 5.92 Å². The minimum atomic E-state index is 0.626. The predicted octanol–water partition coefficient (Wildman–Crippen LogP) is 3.47. The minimum absolute atomic E-state index is 0.626. The van der Waals surface area contributed by atoms with Crippen LogP contribution in [0.3, 0.4) is 0 Å². The standard InChI is InChI=1S/C11H16BrNO/c1-9(2)8-13(12)10-5-4-6-11(7-10)14-3/h4-7,9H,8H2,1-3H3. The van der Waals surface area contributed by atoms with E-state index in [-0.39, 0.29) is 0 Å². The van der Waals surface area contributed by atoms with E-state index in [1.54, 1.807) is 7.11 Å². The van der Waals surface area contributed by atoms with Gasteiger partial charge in [-0.3, -0.25) is 0 Å². The Morgan fingerprint density at radius 1 is 1.43 bits per heavy atom. The number of nitrogens with zero attached hydrogens (tertiary/aromatic N) is 1. The highest BCUT2D eigenvalue weighted by molar-refractivity contribution is 9.10. The first-order chi connectivity index (χ1) is 6.63. The van der Waals surface area contributed by atoms with Crippen LogP contribution in [-0.4, -0.2) is 13.7 Å². The molecule has 0 bridgehead atoms. The van der Waals surface area contributed by atoms with Crippen molar-refractivity contribution in [2.24, 2.45) is 5.92 Å². The molecule has 1 aromatic rings. The second-order valence-electron chi connectivity index (χ2n) is 3.64. The van der Waals surface area contributed by atoms with Crippen molar-refractivity contribution < 1.29 is 4.74 Å². The van der Waals surface area contributed by atoms with Crippen LogP contribution in [0.25, 0.3) is 0 Å². The lowest BCUT2D eigenvalue weighted by Crippen LogP contribution is -2.15. The summed E-state index contributed by atoms with van der Waals surface area (Å²) in [4.78, 5) is 0. The van der Waals surface area contributed by atoms with E-state index in [0.29, 0.717) is 5.92 Å². The number of ether oxygens (including phenoxy) is 1. The second-order valence-corrected chi connectivity index (χ2v) is 4.50. The highest BCUT2D eigenvalue weighted by Crippen LogP contribution is 2.23. The van der Waals surface area contributed by atoms with E-state index in [2.05, 4.69) is 40.0 Å². The van der Waals surface area contributed by atoms with Gasteiger partial charge in [0, 0.05) is 28.8 Å². The quantitative estimate of drug-likeness (QED) is 0.767. The lowest BCUT2D eigenvalue weighted by Gasteiger charge is -2.19. The lowest BCUT2D eigenvalue weighted by molar-refractivity contribution is 0.415. The van der Waals surface area contributed by atoms with E-state index in [9.17, 15) is 0 Å². The van der Waals surface area contributed by atoms with Gasteiger partial charge in [-0.1, -0.05) is 19.9 Å². The summed E-state index contributed by atoms with van der Waals surface area (Å²) in [5, 5.41) is 0. The zero-order valence-electron chi connectivity index (χ0n) is 8.83. The summed E-state index contributed by atoms with van der Waals surface area (Å²) >= 11 is 3.53. The summed E-state index contributed by atoms with van der Waals surface area (Å²) in [6, 6.07) is 8.00. The van der Waals surface area contributed by atoms with Gasteiger partial charge in [0.1, 0.15) is 5.75 Å². The molecule has 0 saturated carbocycles. The first-order valence-corrected chi connectivity index (χ1v) is 5.41. The number of rotatable bonds is 4. The van der Waals surface area contributed by atoms with E-state index in [0.717, 1.165) is 18.0 Å². The number of halogens is 1. The van der Waals surface area contributed by atoms with Crippen molar-refractivity contribution >= 4 is 21.8 Å². The molecule has 0 heterocycles. The molecule has 0 N–H and O–H groups in total. The largest absolute Gasteiger partial charge is 0.497 e. The Morgan fingerprint density at radius 3 is 2.71 bits per heavy atom. The summed E-state index contributed by atoms with van der Waals surface area (Å²) in [5.74, 6) is 1.51. The van der Waals surface area contributed by atoms with E-state index >= 15 is 0 Å². The predicted molar refractivity (Wildman–Crippen MR) is 64.1 cm³/mol. The first-order valence-electron chi connectivity index (χ1n) is 4.71. The minimum Gasteiger partial charge on any atom is -0.497 e. The van der Waals surface area contributed by atoms with Crippen molar-refractivity contribution in [3.05, 3.63) is 24.3 Å². The van der Waals surface area contributed by atoms with Gasteiger partial charge in [0.05, 0.1) is 12.8 Å². The maximum atomic E-state index is 5.16. The Labute approximate surface area is 94.2 Å². The molecule has 0 unspecified atom stereocenters. The molecule has 0 fully saturated rings. The number of hydrogen-bond acceptors (Lipinski definition) is 2. The van der Waals surface area contributed by atoms with Crippen molar-refractivity contribution in [2.75, 3.05) is 17.6 Å². The Hall–Kier alpha value is -0.700. The fourth-order valence-electron chi connectivity index (χ4n) is 1.19. The van der Waals surface area contributed by atoms with Crippen molar-refractivity contribution in [3.63, 3.8) is 0 Å². The second kappa shape index (κ2) is 5.25. The average Bonchev–Trinajstić information content (AvgIpc) is 2.17. The molecule has 0 aliphatic carbocycles. The van der Waals surface area contributed by atoms with Gasteiger partial charge in [0.25, 0.3) is 0 Å². The summed E-state index contributed by atoms with van der Waals surface area (Å²) in [6.45, 7) is 5.36. The third-order valence-electron chi connectivity index (χ3n) is 1.86. The Bertz CT molecular complexity index is 288. The SMILES string of the molecule is COc1cccc(N(Br)CC(C)C)c1. The summed E-state index contributed by atoms with van der Waals surface area (Å²) < 4.78 is 7.22. The van der Waals surface area contributed by atoms with Gasteiger partial charge in [0.15, 0.2) is 0 Å². The van der Waals surface area contributed by atoms with E-state index in [1.165, 1.54) is 0 Å². The monoisotopic (exact) mass is 257 g/mol. The van der Waals surface area contributed by atoms with Gasteiger partial charge in [-0.05, 0) is 18.1 Å². The maximum Gasteiger partial charge on any atom is 0.120 e. The summed E-state index contributed by atoms with van der Waals surface area (Å²) in [5.41, 5.74) is 1.12. The molecule has 0 atom stereocenters. The third kappa shape index (κ3) is 3.22. The maximum absolute atomic E-state index is 5.16. The Kier molecular flexibility index (Phi) is 4.26. The van der Waals surface area contributed by atoms with Crippen LogP contribution in [0.5, 0.6) is 5.75 Å². The highest BCUT2D eigenvalue weighted by atomic mass is 79.9. The van der Waals surface area contributed by atoms with Gasteiger partial charge < -0.3 is 8.66 Å². The van der Waals surface area contributed by atoms with Crippen molar-refractivity contribution in [1.82, 2.24) is 0 Å². The van der Waals surface area contributed by atoms with Crippen molar-refractivity contribution in [3.8, 4) is 5.75 Å². The van der Waals surface area contributed by atoms with E-state index in [4.69, 9.17) is 4.74 Å². The van der Waals surface area contributed by atoms with Crippen LogP contribution >= 0.6 is 16.1 Å². The van der Waals surface area contributed by atoms with E-state index < -0.39 is 0 Å². The smallest absolute Gasteiger partial charge is 0.120 e. The van der Waals surface area contributed by atoms with Crippen molar-refractivity contribution in [2.45, 2.75) is 13.8 Å². The molecular formula is C11H16BrNO.